The fraction of sp³-hybridized carbons (Fsp3) is 0.273. The fourth-order valence-electron chi connectivity index (χ4n) is 1.81. The summed E-state index contributed by atoms with van der Waals surface area (Å²) in [4.78, 5) is 0. The Morgan fingerprint density at radius 2 is 2.00 bits per heavy atom. The van der Waals surface area contributed by atoms with Crippen molar-refractivity contribution in [2.45, 2.75) is 19.2 Å². The second-order valence-corrected chi connectivity index (χ2v) is 3.82. The van der Waals surface area contributed by atoms with Crippen LogP contribution in [0.4, 0.5) is 0 Å². The normalized spacial score (nSPS) is 19.8. The van der Waals surface area contributed by atoms with Gasteiger partial charge in [-0.3, -0.25) is 0 Å². The van der Waals surface area contributed by atoms with Crippen molar-refractivity contribution in [1.82, 2.24) is 0 Å². The summed E-state index contributed by atoms with van der Waals surface area (Å²) in [5, 5.41) is 0.0839. The highest BCUT2D eigenvalue weighted by Gasteiger charge is 2.16. The van der Waals surface area contributed by atoms with Gasteiger partial charge in [0.15, 0.2) is 0 Å². The fourth-order valence-corrected chi connectivity index (χ4v) is 2.18. The molecule has 0 radical (unpaired) electrons. The molecule has 1 aliphatic carbocycles. The number of alkyl halides is 1. The van der Waals surface area contributed by atoms with E-state index >= 15 is 0 Å². The van der Waals surface area contributed by atoms with Gasteiger partial charge in [0.2, 0.25) is 0 Å². The van der Waals surface area contributed by atoms with E-state index in [1.807, 2.05) is 6.08 Å². The topological polar surface area (TPSA) is 0 Å². The summed E-state index contributed by atoms with van der Waals surface area (Å²) >= 11 is 6.11. The summed E-state index contributed by atoms with van der Waals surface area (Å²) in [5.41, 5.74) is 5.17. The third-order valence-corrected chi connectivity index (χ3v) is 2.65. The van der Waals surface area contributed by atoms with Crippen molar-refractivity contribution in [3.63, 3.8) is 0 Å². The Hall–Kier alpha value is -0.750. The number of benzene rings is 1. The Bertz CT molecular complexity index is 350. The molecule has 1 unspecified atom stereocenters. The van der Waals surface area contributed by atoms with E-state index < -0.39 is 0 Å². The van der Waals surface area contributed by atoms with Crippen molar-refractivity contribution >= 4 is 17.7 Å². The van der Waals surface area contributed by atoms with Crippen molar-refractivity contribution in [1.29, 1.82) is 0 Å². The van der Waals surface area contributed by atoms with E-state index in [9.17, 15) is 0 Å². The molecule has 2 rings (SSSR count). The minimum Gasteiger partial charge on any atom is -0.113 e. The standard InChI is InChI=1S/C11H11Cl/c1-7-5-8(2)11-9(6-7)3-4-10(11)12/h3-6,10H,1-2H3. The summed E-state index contributed by atoms with van der Waals surface area (Å²) in [7, 11) is 0. The zero-order chi connectivity index (χ0) is 8.72. The van der Waals surface area contributed by atoms with Crippen LogP contribution in [0.2, 0.25) is 0 Å². The third kappa shape index (κ3) is 1.07. The second kappa shape index (κ2) is 2.63. The number of allylic oxidation sites excluding steroid dienone is 1. The molecule has 0 saturated heterocycles. The molecule has 0 fully saturated rings. The van der Waals surface area contributed by atoms with Crippen molar-refractivity contribution in [3.05, 3.63) is 40.5 Å². The lowest BCUT2D eigenvalue weighted by Gasteiger charge is -2.08. The minimum atomic E-state index is 0.0839. The molecule has 0 spiro atoms. The zero-order valence-corrected chi connectivity index (χ0v) is 8.02. The molecule has 62 valence electrons. The van der Waals surface area contributed by atoms with Crippen LogP contribution in [0.1, 0.15) is 27.6 Å². The maximum atomic E-state index is 6.11. The van der Waals surface area contributed by atoms with Crippen molar-refractivity contribution in [2.24, 2.45) is 0 Å². The van der Waals surface area contributed by atoms with Crippen molar-refractivity contribution in [2.75, 3.05) is 0 Å². The summed E-state index contributed by atoms with van der Waals surface area (Å²) in [6, 6.07) is 4.36. The molecule has 0 heterocycles. The minimum absolute atomic E-state index is 0.0839. The van der Waals surface area contributed by atoms with Crippen LogP contribution in [0.25, 0.3) is 6.08 Å². The van der Waals surface area contributed by atoms with E-state index in [4.69, 9.17) is 11.6 Å². The largest absolute Gasteiger partial charge is 0.113 e. The number of halogens is 1. The molecule has 0 saturated carbocycles. The average Bonchev–Trinajstić information content (AvgIpc) is 2.31. The maximum absolute atomic E-state index is 6.11. The van der Waals surface area contributed by atoms with Crippen LogP contribution < -0.4 is 0 Å². The zero-order valence-electron chi connectivity index (χ0n) is 7.26. The van der Waals surface area contributed by atoms with Crippen LogP contribution in [0.5, 0.6) is 0 Å². The Labute approximate surface area is 77.9 Å². The molecule has 0 N–H and O–H groups in total. The lowest BCUT2D eigenvalue weighted by molar-refractivity contribution is 1.18. The van der Waals surface area contributed by atoms with E-state index in [1.165, 1.54) is 22.3 Å². The van der Waals surface area contributed by atoms with Gasteiger partial charge in [-0.1, -0.05) is 29.8 Å². The third-order valence-electron chi connectivity index (χ3n) is 2.28. The molecule has 12 heavy (non-hydrogen) atoms. The second-order valence-electron chi connectivity index (χ2n) is 3.35. The first-order valence-corrected chi connectivity index (χ1v) is 4.55. The lowest BCUT2D eigenvalue weighted by Crippen LogP contribution is -1.91. The molecule has 1 aromatic carbocycles. The Morgan fingerprint density at radius 1 is 1.25 bits per heavy atom. The van der Waals surface area contributed by atoms with Crippen LogP contribution >= 0.6 is 11.6 Å². The first-order chi connectivity index (χ1) is 5.68. The Morgan fingerprint density at radius 3 is 2.75 bits per heavy atom. The van der Waals surface area contributed by atoms with Crippen molar-refractivity contribution in [3.8, 4) is 0 Å². The highest BCUT2D eigenvalue weighted by atomic mass is 35.5. The SMILES string of the molecule is Cc1cc(C)c2c(c1)C=CC2Cl. The molecule has 1 heteroatoms. The summed E-state index contributed by atoms with van der Waals surface area (Å²) in [6.45, 7) is 4.23. The predicted molar refractivity (Wildman–Crippen MR) is 53.5 cm³/mol. The molecule has 0 amide bonds. The smallest absolute Gasteiger partial charge is 0.0777 e. The number of fused-ring (bicyclic) bond motifs is 1. The van der Waals surface area contributed by atoms with Crippen LogP contribution in [0, 0.1) is 13.8 Å². The van der Waals surface area contributed by atoms with Gasteiger partial charge in [-0.15, -0.1) is 11.6 Å². The summed E-state index contributed by atoms with van der Waals surface area (Å²) in [5.74, 6) is 0. The Balaban J connectivity index is 2.66. The van der Waals surface area contributed by atoms with E-state index in [0.717, 1.165) is 0 Å². The number of aryl methyl sites for hydroxylation is 2. The van der Waals surface area contributed by atoms with E-state index in [-0.39, 0.29) is 5.38 Å². The molecule has 1 aromatic rings. The molecule has 0 nitrogen and oxygen atoms in total. The van der Waals surface area contributed by atoms with Gasteiger partial charge in [-0.05, 0) is 30.5 Å². The van der Waals surface area contributed by atoms with E-state index in [1.54, 1.807) is 0 Å². The van der Waals surface area contributed by atoms with Crippen LogP contribution in [-0.4, -0.2) is 0 Å². The van der Waals surface area contributed by atoms with Gasteiger partial charge in [0.25, 0.3) is 0 Å². The van der Waals surface area contributed by atoms with Crippen LogP contribution in [-0.2, 0) is 0 Å². The number of hydrogen-bond donors (Lipinski definition) is 0. The van der Waals surface area contributed by atoms with E-state index in [2.05, 4.69) is 32.1 Å². The van der Waals surface area contributed by atoms with Gasteiger partial charge in [-0.2, -0.15) is 0 Å². The molecule has 0 aromatic heterocycles. The highest BCUT2D eigenvalue weighted by Crippen LogP contribution is 2.35. The molecule has 1 atom stereocenters. The van der Waals surface area contributed by atoms with Crippen molar-refractivity contribution < 1.29 is 0 Å². The molecule has 0 bridgehead atoms. The quantitative estimate of drug-likeness (QED) is 0.533. The van der Waals surface area contributed by atoms with Gasteiger partial charge in [0.05, 0.1) is 5.38 Å². The predicted octanol–water partition coefficient (Wildman–Crippen LogP) is 3.61. The monoisotopic (exact) mass is 178 g/mol. The van der Waals surface area contributed by atoms with E-state index in [0.29, 0.717) is 0 Å². The Kier molecular flexibility index (Phi) is 1.73. The summed E-state index contributed by atoms with van der Waals surface area (Å²) < 4.78 is 0. The van der Waals surface area contributed by atoms with Gasteiger partial charge in [0, 0.05) is 0 Å². The molecular formula is C11H11Cl. The maximum Gasteiger partial charge on any atom is 0.0777 e. The average molecular weight is 179 g/mol. The highest BCUT2D eigenvalue weighted by molar-refractivity contribution is 6.23. The van der Waals surface area contributed by atoms with Gasteiger partial charge >= 0.3 is 0 Å². The lowest BCUT2D eigenvalue weighted by atomic mass is 10.0. The number of hydrogen-bond acceptors (Lipinski definition) is 0. The van der Waals surface area contributed by atoms with Crippen LogP contribution in [0.3, 0.4) is 0 Å². The van der Waals surface area contributed by atoms with Gasteiger partial charge < -0.3 is 0 Å². The molecular weight excluding hydrogens is 168 g/mol. The molecule has 0 aliphatic heterocycles. The summed E-state index contributed by atoms with van der Waals surface area (Å²) in [6.07, 6.45) is 4.14. The van der Waals surface area contributed by atoms with Gasteiger partial charge in [0.1, 0.15) is 0 Å². The first kappa shape index (κ1) is 7.88. The van der Waals surface area contributed by atoms with Crippen LogP contribution in [0.15, 0.2) is 18.2 Å². The van der Waals surface area contributed by atoms with Gasteiger partial charge in [-0.25, -0.2) is 0 Å². The first-order valence-electron chi connectivity index (χ1n) is 4.12. The molecule has 1 aliphatic rings. The number of rotatable bonds is 0.